The lowest BCUT2D eigenvalue weighted by atomic mass is 10.2. The number of aromatic nitrogens is 2. The molecule has 0 unspecified atom stereocenters. The lowest BCUT2D eigenvalue weighted by molar-refractivity contribution is 0.0845. The highest BCUT2D eigenvalue weighted by molar-refractivity contribution is 5.74. The molecule has 2 aliphatic heterocycles. The van der Waals surface area contributed by atoms with E-state index in [4.69, 9.17) is 11.2 Å². The van der Waals surface area contributed by atoms with Crippen molar-refractivity contribution < 1.29 is 9.53 Å². The van der Waals surface area contributed by atoms with Gasteiger partial charge in [0, 0.05) is 32.3 Å². The van der Waals surface area contributed by atoms with E-state index in [0.717, 1.165) is 43.9 Å². The smallest absolute Gasteiger partial charge is 0.318 e. The molecule has 0 bridgehead atoms. The van der Waals surface area contributed by atoms with E-state index in [9.17, 15) is 4.79 Å². The van der Waals surface area contributed by atoms with E-state index in [0.29, 0.717) is 19.6 Å². The van der Waals surface area contributed by atoms with Crippen molar-refractivity contribution in [1.82, 2.24) is 19.8 Å². The van der Waals surface area contributed by atoms with Gasteiger partial charge in [-0.05, 0) is 25.7 Å². The van der Waals surface area contributed by atoms with Gasteiger partial charge < -0.3 is 19.5 Å². The lowest BCUT2D eigenvalue weighted by Gasteiger charge is -2.23. The van der Waals surface area contributed by atoms with Gasteiger partial charge in [0.2, 0.25) is 0 Å². The van der Waals surface area contributed by atoms with Gasteiger partial charge in [-0.2, -0.15) is 0 Å². The number of ether oxygens (including phenoxy) is 1. The number of imidazole rings is 1. The number of nitrogens with zero attached hydrogens (tertiary/aromatic N) is 3. The number of rotatable bonds is 5. The Balaban J connectivity index is 1.53. The second-order valence-corrected chi connectivity index (χ2v) is 6.18. The Hall–Kier alpha value is -2.00. The molecule has 0 aromatic carbocycles. The van der Waals surface area contributed by atoms with Crippen LogP contribution < -0.4 is 5.32 Å². The Morgan fingerprint density at radius 3 is 3.17 bits per heavy atom. The van der Waals surface area contributed by atoms with Crippen molar-refractivity contribution in [2.24, 2.45) is 0 Å². The standard InChI is InChI=1S/C17H24N4O2/c1-2-8-21(13-15-6-5-10-23-15)17(22)18-11-14-12-20-9-4-3-7-16(20)19-14/h1,12,15H,3-11,13H2,(H,18,22)/t15-/m0/s1. The van der Waals surface area contributed by atoms with Gasteiger partial charge in [-0.1, -0.05) is 5.92 Å². The number of aryl methyl sites for hydroxylation is 2. The molecule has 0 saturated carbocycles. The molecule has 3 heterocycles. The summed E-state index contributed by atoms with van der Waals surface area (Å²) in [5, 5.41) is 2.93. The van der Waals surface area contributed by atoms with Gasteiger partial charge in [0.1, 0.15) is 5.82 Å². The van der Waals surface area contributed by atoms with Gasteiger partial charge in [-0.15, -0.1) is 6.42 Å². The monoisotopic (exact) mass is 316 g/mol. The van der Waals surface area contributed by atoms with Crippen LogP contribution in [-0.2, 0) is 24.2 Å². The maximum atomic E-state index is 12.4. The first kappa shape index (κ1) is 15.9. The third kappa shape index (κ3) is 4.05. The number of carbonyl (C=O) groups is 1. The molecule has 124 valence electrons. The predicted octanol–water partition coefficient (Wildman–Crippen LogP) is 1.54. The molecular formula is C17H24N4O2. The summed E-state index contributed by atoms with van der Waals surface area (Å²) in [6, 6.07) is -0.149. The zero-order valence-electron chi connectivity index (χ0n) is 13.5. The van der Waals surface area contributed by atoms with Crippen molar-refractivity contribution in [3.05, 3.63) is 17.7 Å². The second kappa shape index (κ2) is 7.51. The van der Waals surface area contributed by atoms with Crippen LogP contribution in [0.5, 0.6) is 0 Å². The van der Waals surface area contributed by atoms with Crippen molar-refractivity contribution in [2.75, 3.05) is 19.7 Å². The fraction of sp³-hybridized carbons (Fsp3) is 0.647. The van der Waals surface area contributed by atoms with Gasteiger partial charge in [0.05, 0.1) is 24.9 Å². The average Bonchev–Trinajstić information content (AvgIpc) is 3.21. The van der Waals surface area contributed by atoms with Crippen molar-refractivity contribution in [3.63, 3.8) is 0 Å². The number of fused-ring (bicyclic) bond motifs is 1. The van der Waals surface area contributed by atoms with Crippen LogP contribution >= 0.6 is 0 Å². The van der Waals surface area contributed by atoms with E-state index < -0.39 is 0 Å². The zero-order chi connectivity index (χ0) is 16.1. The number of nitrogens with one attached hydrogen (secondary N) is 1. The number of urea groups is 1. The molecule has 2 aliphatic rings. The fourth-order valence-corrected chi connectivity index (χ4v) is 3.20. The van der Waals surface area contributed by atoms with E-state index in [1.807, 2.05) is 6.20 Å². The van der Waals surface area contributed by atoms with Crippen LogP contribution in [0.1, 0.15) is 37.2 Å². The molecule has 1 N–H and O–H groups in total. The minimum absolute atomic E-state index is 0.106. The molecule has 1 aromatic heterocycles. The van der Waals surface area contributed by atoms with Gasteiger partial charge in [0.15, 0.2) is 0 Å². The second-order valence-electron chi connectivity index (χ2n) is 6.18. The Kier molecular flexibility index (Phi) is 5.19. The van der Waals surface area contributed by atoms with E-state index in [2.05, 4.69) is 20.8 Å². The predicted molar refractivity (Wildman–Crippen MR) is 86.8 cm³/mol. The molecule has 1 fully saturated rings. The number of terminal acetylenes is 1. The van der Waals surface area contributed by atoms with E-state index in [1.165, 1.54) is 12.8 Å². The average molecular weight is 316 g/mol. The van der Waals surface area contributed by atoms with Crippen LogP contribution in [0, 0.1) is 12.3 Å². The summed E-state index contributed by atoms with van der Waals surface area (Å²) >= 11 is 0. The summed E-state index contributed by atoms with van der Waals surface area (Å²) in [5.41, 5.74) is 0.910. The van der Waals surface area contributed by atoms with E-state index in [-0.39, 0.29) is 12.1 Å². The Bertz CT molecular complexity index is 560. The molecule has 0 aliphatic carbocycles. The number of carbonyl (C=O) groups excluding carboxylic acids is 1. The fourth-order valence-electron chi connectivity index (χ4n) is 3.20. The summed E-state index contributed by atoms with van der Waals surface area (Å²) in [5.74, 6) is 3.68. The molecular weight excluding hydrogens is 292 g/mol. The first-order chi connectivity index (χ1) is 11.3. The van der Waals surface area contributed by atoms with Crippen molar-refractivity contribution in [2.45, 2.75) is 51.3 Å². The molecule has 0 spiro atoms. The van der Waals surface area contributed by atoms with Crippen LogP contribution in [0.25, 0.3) is 0 Å². The molecule has 1 aromatic rings. The van der Waals surface area contributed by atoms with Crippen molar-refractivity contribution in [3.8, 4) is 12.3 Å². The summed E-state index contributed by atoms with van der Waals surface area (Å²) < 4.78 is 7.78. The van der Waals surface area contributed by atoms with Crippen molar-refractivity contribution >= 4 is 6.03 Å². The lowest BCUT2D eigenvalue weighted by Crippen LogP contribution is -2.43. The summed E-state index contributed by atoms with van der Waals surface area (Å²) in [4.78, 5) is 18.6. The Labute approximate surface area is 137 Å². The summed E-state index contributed by atoms with van der Waals surface area (Å²) in [7, 11) is 0. The minimum atomic E-state index is -0.149. The molecule has 0 radical (unpaired) electrons. The minimum Gasteiger partial charge on any atom is -0.376 e. The number of amides is 2. The molecule has 3 rings (SSSR count). The van der Waals surface area contributed by atoms with Crippen LogP contribution in [0.15, 0.2) is 6.20 Å². The number of hydrogen-bond acceptors (Lipinski definition) is 3. The highest BCUT2D eigenvalue weighted by atomic mass is 16.5. The SMILES string of the molecule is C#CCN(C[C@@H]1CCCO1)C(=O)NCc1cn2c(n1)CCCC2. The molecule has 23 heavy (non-hydrogen) atoms. The highest BCUT2D eigenvalue weighted by Crippen LogP contribution is 2.15. The zero-order valence-corrected chi connectivity index (χ0v) is 13.5. The topological polar surface area (TPSA) is 59.4 Å². The maximum absolute atomic E-state index is 12.4. The largest absolute Gasteiger partial charge is 0.376 e. The molecule has 1 saturated heterocycles. The first-order valence-electron chi connectivity index (χ1n) is 8.39. The van der Waals surface area contributed by atoms with E-state index in [1.54, 1.807) is 4.90 Å². The third-order valence-electron chi connectivity index (χ3n) is 4.40. The van der Waals surface area contributed by atoms with E-state index >= 15 is 0 Å². The molecule has 6 heteroatoms. The summed E-state index contributed by atoms with van der Waals surface area (Å²) in [6.07, 6.45) is 13.0. The molecule has 6 nitrogen and oxygen atoms in total. The Morgan fingerprint density at radius 2 is 2.43 bits per heavy atom. The van der Waals surface area contributed by atoms with Gasteiger partial charge >= 0.3 is 6.03 Å². The van der Waals surface area contributed by atoms with Gasteiger partial charge in [0.25, 0.3) is 0 Å². The third-order valence-corrected chi connectivity index (χ3v) is 4.40. The van der Waals surface area contributed by atoms with Crippen LogP contribution in [0.2, 0.25) is 0 Å². The van der Waals surface area contributed by atoms with Crippen LogP contribution in [0.4, 0.5) is 4.79 Å². The van der Waals surface area contributed by atoms with Crippen molar-refractivity contribution in [1.29, 1.82) is 0 Å². The quantitative estimate of drug-likeness (QED) is 0.838. The highest BCUT2D eigenvalue weighted by Gasteiger charge is 2.22. The van der Waals surface area contributed by atoms with Crippen LogP contribution in [0.3, 0.4) is 0 Å². The van der Waals surface area contributed by atoms with Crippen LogP contribution in [-0.4, -0.2) is 46.3 Å². The molecule has 1 atom stereocenters. The van der Waals surface area contributed by atoms with Gasteiger partial charge in [-0.3, -0.25) is 0 Å². The first-order valence-corrected chi connectivity index (χ1v) is 8.39. The number of hydrogen-bond donors (Lipinski definition) is 1. The normalized spacial score (nSPS) is 19.9. The molecule has 2 amide bonds. The maximum Gasteiger partial charge on any atom is 0.318 e. The van der Waals surface area contributed by atoms with Gasteiger partial charge in [-0.25, -0.2) is 9.78 Å². The summed E-state index contributed by atoms with van der Waals surface area (Å²) in [6.45, 7) is 3.08. The Morgan fingerprint density at radius 1 is 1.52 bits per heavy atom.